The molecule has 0 heterocycles. The van der Waals surface area contributed by atoms with Crippen molar-refractivity contribution < 1.29 is 17.9 Å². The van der Waals surface area contributed by atoms with Gasteiger partial charge in [0.1, 0.15) is 5.75 Å². The second-order valence-electron chi connectivity index (χ2n) is 5.12. The Balaban J connectivity index is 1.72. The first-order chi connectivity index (χ1) is 10.5. The number of hydrogen-bond acceptors (Lipinski definition) is 4. The molecule has 22 heavy (non-hydrogen) atoms. The Morgan fingerprint density at radius 2 is 1.64 bits per heavy atom. The fraction of sp³-hybridized carbons (Fsp3) is 0.188. The van der Waals surface area contributed by atoms with Gasteiger partial charge in [-0.1, -0.05) is 18.2 Å². The Hall–Kier alpha value is -2.18. The largest absolute Gasteiger partial charge is 0.423 e. The third-order valence-corrected chi connectivity index (χ3v) is 4.79. The molecule has 0 aromatic heterocycles. The Labute approximate surface area is 129 Å². The van der Waals surface area contributed by atoms with E-state index < -0.39 is 16.0 Å². The monoisotopic (exact) mass is 317 g/mol. The van der Waals surface area contributed by atoms with Crippen LogP contribution >= 0.6 is 0 Å². The third kappa shape index (κ3) is 3.52. The first kappa shape index (κ1) is 14.7. The standard InChI is InChI=1S/C16H15NO4S/c18-16(21-14-4-2-1-3-5-14)12-6-10-15(11-7-12)22(19,20)17-13-8-9-13/h1-7,10-11,13,17H,8-9H2. The van der Waals surface area contributed by atoms with Gasteiger partial charge in [-0.2, -0.15) is 0 Å². The van der Waals surface area contributed by atoms with Crippen LogP contribution in [0.2, 0.25) is 0 Å². The average Bonchev–Trinajstić information content (AvgIpc) is 3.32. The fourth-order valence-electron chi connectivity index (χ4n) is 1.91. The SMILES string of the molecule is O=C(Oc1ccccc1)c1ccc(S(=O)(=O)NC2CC2)cc1. The molecule has 0 atom stereocenters. The zero-order valence-corrected chi connectivity index (χ0v) is 12.5. The lowest BCUT2D eigenvalue weighted by atomic mass is 10.2. The number of ether oxygens (including phenoxy) is 1. The van der Waals surface area contributed by atoms with Crippen LogP contribution in [0.1, 0.15) is 23.2 Å². The molecule has 3 rings (SSSR count). The molecule has 0 aliphatic heterocycles. The number of para-hydroxylation sites is 1. The molecule has 1 N–H and O–H groups in total. The lowest BCUT2D eigenvalue weighted by molar-refractivity contribution is 0.0734. The molecule has 1 fully saturated rings. The van der Waals surface area contributed by atoms with Crippen molar-refractivity contribution >= 4 is 16.0 Å². The highest BCUT2D eigenvalue weighted by Gasteiger charge is 2.28. The van der Waals surface area contributed by atoms with Gasteiger partial charge in [0, 0.05) is 6.04 Å². The van der Waals surface area contributed by atoms with E-state index in [1.54, 1.807) is 24.3 Å². The molecule has 0 bridgehead atoms. The minimum Gasteiger partial charge on any atom is -0.423 e. The summed E-state index contributed by atoms with van der Waals surface area (Å²) in [5, 5.41) is 0. The van der Waals surface area contributed by atoms with Crippen molar-refractivity contribution in [1.82, 2.24) is 4.72 Å². The Morgan fingerprint density at radius 1 is 1.00 bits per heavy atom. The molecule has 1 aliphatic rings. The number of hydrogen-bond donors (Lipinski definition) is 1. The number of esters is 1. The Bertz CT molecular complexity index is 766. The maximum Gasteiger partial charge on any atom is 0.343 e. The molecular weight excluding hydrogens is 302 g/mol. The summed E-state index contributed by atoms with van der Waals surface area (Å²) >= 11 is 0. The highest BCUT2D eigenvalue weighted by Crippen LogP contribution is 2.22. The van der Waals surface area contributed by atoms with Gasteiger partial charge in [0.25, 0.3) is 0 Å². The van der Waals surface area contributed by atoms with Crippen molar-refractivity contribution in [2.24, 2.45) is 0 Å². The van der Waals surface area contributed by atoms with Crippen molar-refractivity contribution in [3.63, 3.8) is 0 Å². The molecule has 5 nitrogen and oxygen atoms in total. The van der Waals surface area contributed by atoms with Gasteiger partial charge in [-0.15, -0.1) is 0 Å². The molecule has 0 unspecified atom stereocenters. The van der Waals surface area contributed by atoms with Crippen LogP contribution in [0.3, 0.4) is 0 Å². The number of benzene rings is 2. The van der Waals surface area contributed by atoms with Crippen LogP contribution in [0.25, 0.3) is 0 Å². The Kier molecular flexibility index (Phi) is 3.96. The van der Waals surface area contributed by atoms with Crippen LogP contribution in [0.5, 0.6) is 5.75 Å². The smallest absolute Gasteiger partial charge is 0.343 e. The van der Waals surface area contributed by atoms with Crippen LogP contribution in [-0.2, 0) is 10.0 Å². The van der Waals surface area contributed by atoms with Crippen molar-refractivity contribution in [3.05, 3.63) is 60.2 Å². The minimum atomic E-state index is -3.50. The minimum absolute atomic E-state index is 0.0488. The first-order valence-corrected chi connectivity index (χ1v) is 8.42. The van der Waals surface area contributed by atoms with Gasteiger partial charge in [0.2, 0.25) is 10.0 Å². The second kappa shape index (κ2) is 5.90. The second-order valence-corrected chi connectivity index (χ2v) is 6.84. The summed E-state index contributed by atoms with van der Waals surface area (Å²) in [5.74, 6) is -0.0788. The molecular formula is C16H15NO4S. The molecule has 0 amide bonds. The zero-order chi connectivity index (χ0) is 15.6. The van der Waals surface area contributed by atoms with E-state index >= 15 is 0 Å². The lowest BCUT2D eigenvalue weighted by Crippen LogP contribution is -2.25. The highest BCUT2D eigenvalue weighted by atomic mass is 32.2. The van der Waals surface area contributed by atoms with Crippen LogP contribution in [0.15, 0.2) is 59.5 Å². The highest BCUT2D eigenvalue weighted by molar-refractivity contribution is 7.89. The van der Waals surface area contributed by atoms with Crippen molar-refractivity contribution in [2.75, 3.05) is 0 Å². The number of carbonyl (C=O) groups excluding carboxylic acids is 1. The summed E-state index contributed by atoms with van der Waals surface area (Å²) in [4.78, 5) is 12.1. The van der Waals surface area contributed by atoms with Crippen LogP contribution < -0.4 is 9.46 Å². The van der Waals surface area contributed by atoms with Gasteiger partial charge in [0.05, 0.1) is 10.5 Å². The van der Waals surface area contributed by atoms with E-state index in [1.165, 1.54) is 24.3 Å². The summed E-state index contributed by atoms with van der Waals surface area (Å²) in [6.07, 6.45) is 1.75. The maximum atomic E-state index is 12.0. The van der Waals surface area contributed by atoms with Gasteiger partial charge >= 0.3 is 5.97 Å². The summed E-state index contributed by atoms with van der Waals surface area (Å²) in [6, 6.07) is 14.5. The van der Waals surface area contributed by atoms with E-state index in [0.29, 0.717) is 11.3 Å². The summed E-state index contributed by atoms with van der Waals surface area (Å²) in [5.41, 5.74) is 0.300. The molecule has 114 valence electrons. The van der Waals surface area contributed by atoms with Gasteiger partial charge < -0.3 is 4.74 Å². The van der Waals surface area contributed by atoms with E-state index in [-0.39, 0.29) is 10.9 Å². The first-order valence-electron chi connectivity index (χ1n) is 6.94. The number of sulfonamides is 1. The summed E-state index contributed by atoms with van der Waals surface area (Å²) in [7, 11) is -3.50. The van der Waals surface area contributed by atoms with E-state index in [4.69, 9.17) is 4.74 Å². The summed E-state index contributed by atoms with van der Waals surface area (Å²) < 4.78 is 31.8. The van der Waals surface area contributed by atoms with E-state index in [9.17, 15) is 13.2 Å². The van der Waals surface area contributed by atoms with Crippen molar-refractivity contribution in [2.45, 2.75) is 23.8 Å². The van der Waals surface area contributed by atoms with E-state index in [1.807, 2.05) is 6.07 Å². The number of carbonyl (C=O) groups is 1. The van der Waals surface area contributed by atoms with Gasteiger partial charge in [0.15, 0.2) is 0 Å². The maximum absolute atomic E-state index is 12.0. The third-order valence-electron chi connectivity index (χ3n) is 3.25. The van der Waals surface area contributed by atoms with Crippen LogP contribution in [0, 0.1) is 0 Å². The molecule has 2 aromatic carbocycles. The Morgan fingerprint density at radius 3 is 2.23 bits per heavy atom. The molecule has 1 aliphatic carbocycles. The lowest BCUT2D eigenvalue weighted by Gasteiger charge is -2.07. The topological polar surface area (TPSA) is 72.5 Å². The quantitative estimate of drug-likeness (QED) is 0.678. The van der Waals surface area contributed by atoms with Crippen molar-refractivity contribution in [3.8, 4) is 5.75 Å². The number of rotatable bonds is 5. The average molecular weight is 317 g/mol. The normalized spacial score (nSPS) is 14.5. The summed E-state index contributed by atoms with van der Waals surface area (Å²) in [6.45, 7) is 0. The van der Waals surface area contributed by atoms with E-state index in [0.717, 1.165) is 12.8 Å². The predicted octanol–water partition coefficient (Wildman–Crippen LogP) is 2.35. The molecule has 0 spiro atoms. The van der Waals surface area contributed by atoms with Gasteiger partial charge in [-0.05, 0) is 49.2 Å². The molecule has 2 aromatic rings. The van der Waals surface area contributed by atoms with Crippen molar-refractivity contribution in [1.29, 1.82) is 0 Å². The zero-order valence-electron chi connectivity index (χ0n) is 11.7. The molecule has 0 radical (unpaired) electrons. The van der Waals surface area contributed by atoms with Crippen LogP contribution in [-0.4, -0.2) is 20.4 Å². The molecule has 1 saturated carbocycles. The fourth-order valence-corrected chi connectivity index (χ4v) is 3.22. The predicted molar refractivity (Wildman–Crippen MR) is 81.2 cm³/mol. The van der Waals surface area contributed by atoms with Gasteiger partial charge in [-0.3, -0.25) is 0 Å². The van der Waals surface area contributed by atoms with Crippen LogP contribution in [0.4, 0.5) is 0 Å². The van der Waals surface area contributed by atoms with Gasteiger partial charge in [-0.25, -0.2) is 17.9 Å². The molecule has 0 saturated heterocycles. The molecule has 6 heteroatoms. The number of nitrogens with one attached hydrogen (secondary N) is 1. The van der Waals surface area contributed by atoms with E-state index in [2.05, 4.69) is 4.72 Å².